The van der Waals surface area contributed by atoms with E-state index >= 15 is 0 Å². The minimum absolute atomic E-state index is 0.214. The molecule has 0 heterocycles. The van der Waals surface area contributed by atoms with Crippen LogP contribution in [-0.2, 0) is 0 Å². The van der Waals surface area contributed by atoms with E-state index in [2.05, 4.69) is 18.1 Å². The second kappa shape index (κ2) is 7.59. The third-order valence-electron chi connectivity index (χ3n) is 3.33. The Morgan fingerprint density at radius 3 is 2.67 bits per heavy atom. The van der Waals surface area contributed by atoms with E-state index in [0.29, 0.717) is 12.6 Å². The van der Waals surface area contributed by atoms with Gasteiger partial charge in [-0.2, -0.15) is 11.8 Å². The average Bonchev–Trinajstić information content (AvgIpc) is 2.36. The Balaban J connectivity index is 2.57. The highest BCUT2D eigenvalue weighted by molar-refractivity contribution is 7.98. The van der Waals surface area contributed by atoms with Gasteiger partial charge < -0.3 is 0 Å². The number of benzene rings is 1. The Labute approximate surface area is 115 Å². The first-order chi connectivity index (χ1) is 8.56. The fraction of sp³-hybridized carbons (Fsp3) is 0.533. The molecule has 3 heteroatoms. The van der Waals surface area contributed by atoms with Crippen molar-refractivity contribution in [1.29, 1.82) is 0 Å². The molecule has 18 heavy (non-hydrogen) atoms. The monoisotopic (exact) mass is 265 g/mol. The number of rotatable bonds is 7. The maximum absolute atomic E-state index is 12.2. The van der Waals surface area contributed by atoms with Crippen LogP contribution in [0.15, 0.2) is 24.3 Å². The third-order valence-corrected chi connectivity index (χ3v) is 3.97. The summed E-state index contributed by atoms with van der Waals surface area (Å²) in [6.45, 7) is 4.67. The lowest BCUT2D eigenvalue weighted by Crippen LogP contribution is -2.34. The molecule has 1 aromatic rings. The van der Waals surface area contributed by atoms with Crippen LogP contribution in [0.4, 0.5) is 0 Å². The maximum Gasteiger partial charge on any atom is 0.177 e. The van der Waals surface area contributed by atoms with Gasteiger partial charge in [0, 0.05) is 11.6 Å². The van der Waals surface area contributed by atoms with E-state index in [1.165, 1.54) is 0 Å². The summed E-state index contributed by atoms with van der Waals surface area (Å²) in [7, 11) is 2.03. The molecule has 0 amide bonds. The summed E-state index contributed by atoms with van der Waals surface area (Å²) in [5.74, 6) is 1.36. The molecule has 0 aliphatic heterocycles. The number of Topliss-reactive ketones (excluding diaryl/α,β-unsaturated/α-hetero) is 1. The fourth-order valence-electron chi connectivity index (χ4n) is 1.86. The van der Waals surface area contributed by atoms with E-state index in [1.54, 1.807) is 0 Å². The van der Waals surface area contributed by atoms with Gasteiger partial charge in [-0.05, 0) is 44.9 Å². The summed E-state index contributed by atoms with van der Waals surface area (Å²) in [4.78, 5) is 14.4. The summed E-state index contributed by atoms with van der Waals surface area (Å²) >= 11 is 1.85. The predicted molar refractivity (Wildman–Crippen MR) is 80.6 cm³/mol. The zero-order valence-electron chi connectivity index (χ0n) is 11.8. The standard InChI is InChI=1S/C15H23NOS/c1-12-7-5-6-8-14(12)15(17)11-16(3)13(2)9-10-18-4/h5-8,13H,9-11H2,1-4H3. The molecular formula is C15H23NOS. The molecule has 100 valence electrons. The van der Waals surface area contributed by atoms with Crippen LogP contribution in [0.2, 0.25) is 0 Å². The van der Waals surface area contributed by atoms with Gasteiger partial charge in [0.1, 0.15) is 0 Å². The van der Waals surface area contributed by atoms with Gasteiger partial charge in [-0.3, -0.25) is 9.69 Å². The van der Waals surface area contributed by atoms with Crippen LogP contribution in [0.25, 0.3) is 0 Å². The highest BCUT2D eigenvalue weighted by Crippen LogP contribution is 2.11. The van der Waals surface area contributed by atoms with E-state index in [0.717, 1.165) is 23.3 Å². The summed E-state index contributed by atoms with van der Waals surface area (Å²) in [5.41, 5.74) is 1.91. The Bertz CT molecular complexity index is 392. The molecule has 0 saturated heterocycles. The smallest absolute Gasteiger partial charge is 0.177 e. The number of hydrogen-bond donors (Lipinski definition) is 0. The zero-order chi connectivity index (χ0) is 13.5. The van der Waals surface area contributed by atoms with Crippen molar-refractivity contribution in [2.75, 3.05) is 25.6 Å². The molecule has 1 atom stereocenters. The van der Waals surface area contributed by atoms with Gasteiger partial charge in [0.15, 0.2) is 5.78 Å². The van der Waals surface area contributed by atoms with E-state index in [4.69, 9.17) is 0 Å². The molecule has 0 fully saturated rings. The number of thioether (sulfide) groups is 1. The number of ketones is 1. The minimum atomic E-state index is 0.214. The van der Waals surface area contributed by atoms with Crippen LogP contribution in [0.3, 0.4) is 0 Å². The summed E-state index contributed by atoms with van der Waals surface area (Å²) in [6, 6.07) is 8.25. The first-order valence-electron chi connectivity index (χ1n) is 6.34. The van der Waals surface area contributed by atoms with Crippen molar-refractivity contribution in [2.24, 2.45) is 0 Å². The molecule has 2 nitrogen and oxygen atoms in total. The summed E-state index contributed by atoms with van der Waals surface area (Å²) in [5, 5.41) is 0. The Hall–Kier alpha value is -0.800. The lowest BCUT2D eigenvalue weighted by molar-refractivity contribution is 0.0923. The van der Waals surface area contributed by atoms with Gasteiger partial charge in [0.2, 0.25) is 0 Å². The van der Waals surface area contributed by atoms with Crippen LogP contribution in [0, 0.1) is 6.92 Å². The van der Waals surface area contributed by atoms with Gasteiger partial charge in [-0.1, -0.05) is 24.3 Å². The van der Waals surface area contributed by atoms with Crippen molar-refractivity contribution in [2.45, 2.75) is 26.3 Å². The number of aryl methyl sites for hydroxylation is 1. The zero-order valence-corrected chi connectivity index (χ0v) is 12.6. The predicted octanol–water partition coefficient (Wildman–Crippen LogP) is 3.25. The van der Waals surface area contributed by atoms with Crippen LogP contribution in [0.1, 0.15) is 29.3 Å². The quantitative estimate of drug-likeness (QED) is 0.706. The van der Waals surface area contributed by atoms with E-state index in [-0.39, 0.29) is 5.78 Å². The van der Waals surface area contributed by atoms with Gasteiger partial charge in [-0.15, -0.1) is 0 Å². The molecule has 0 saturated carbocycles. The van der Waals surface area contributed by atoms with Crippen molar-refractivity contribution in [3.8, 4) is 0 Å². The Morgan fingerprint density at radius 2 is 2.06 bits per heavy atom. The minimum Gasteiger partial charge on any atom is -0.296 e. The topological polar surface area (TPSA) is 20.3 Å². The summed E-state index contributed by atoms with van der Waals surface area (Å²) < 4.78 is 0. The first-order valence-corrected chi connectivity index (χ1v) is 7.73. The Kier molecular flexibility index (Phi) is 6.44. The fourth-order valence-corrected chi connectivity index (χ4v) is 2.44. The van der Waals surface area contributed by atoms with E-state index in [9.17, 15) is 4.79 Å². The van der Waals surface area contributed by atoms with Gasteiger partial charge >= 0.3 is 0 Å². The van der Waals surface area contributed by atoms with Crippen molar-refractivity contribution in [3.05, 3.63) is 35.4 Å². The average molecular weight is 265 g/mol. The normalized spacial score (nSPS) is 12.7. The largest absolute Gasteiger partial charge is 0.296 e. The number of likely N-dealkylation sites (N-methyl/N-ethyl adjacent to an activating group) is 1. The number of carbonyl (C=O) groups is 1. The third kappa shape index (κ3) is 4.46. The molecule has 0 radical (unpaired) electrons. The molecule has 0 aromatic heterocycles. The van der Waals surface area contributed by atoms with E-state index in [1.807, 2.05) is 50.0 Å². The highest BCUT2D eigenvalue weighted by Gasteiger charge is 2.15. The van der Waals surface area contributed by atoms with Crippen molar-refractivity contribution in [1.82, 2.24) is 4.90 Å². The van der Waals surface area contributed by atoms with Crippen LogP contribution in [-0.4, -0.2) is 42.3 Å². The molecular weight excluding hydrogens is 242 g/mol. The molecule has 0 spiro atoms. The molecule has 0 N–H and O–H groups in total. The number of carbonyl (C=O) groups excluding carboxylic acids is 1. The molecule has 0 aliphatic carbocycles. The molecule has 1 aromatic carbocycles. The SMILES string of the molecule is CSCCC(C)N(C)CC(=O)c1ccccc1C. The molecule has 1 rings (SSSR count). The number of hydrogen-bond acceptors (Lipinski definition) is 3. The maximum atomic E-state index is 12.2. The van der Waals surface area contributed by atoms with Crippen LogP contribution >= 0.6 is 11.8 Å². The number of nitrogens with zero attached hydrogens (tertiary/aromatic N) is 1. The lowest BCUT2D eigenvalue weighted by atomic mass is 10.0. The van der Waals surface area contributed by atoms with Crippen molar-refractivity contribution >= 4 is 17.5 Å². The molecule has 0 bridgehead atoms. The van der Waals surface area contributed by atoms with Gasteiger partial charge in [-0.25, -0.2) is 0 Å². The van der Waals surface area contributed by atoms with Gasteiger partial charge in [0.05, 0.1) is 6.54 Å². The Morgan fingerprint density at radius 1 is 1.39 bits per heavy atom. The second-order valence-electron chi connectivity index (χ2n) is 4.78. The van der Waals surface area contributed by atoms with Crippen molar-refractivity contribution in [3.63, 3.8) is 0 Å². The molecule has 0 aliphatic rings. The highest BCUT2D eigenvalue weighted by atomic mass is 32.2. The molecule has 1 unspecified atom stereocenters. The van der Waals surface area contributed by atoms with E-state index < -0.39 is 0 Å². The second-order valence-corrected chi connectivity index (χ2v) is 5.77. The summed E-state index contributed by atoms with van der Waals surface area (Å²) in [6.07, 6.45) is 3.24. The van der Waals surface area contributed by atoms with Crippen LogP contribution < -0.4 is 0 Å². The lowest BCUT2D eigenvalue weighted by Gasteiger charge is -2.24. The first kappa shape index (κ1) is 15.3. The van der Waals surface area contributed by atoms with Crippen molar-refractivity contribution < 1.29 is 4.79 Å². The van der Waals surface area contributed by atoms with Crippen LogP contribution in [0.5, 0.6) is 0 Å². The van der Waals surface area contributed by atoms with Gasteiger partial charge in [0.25, 0.3) is 0 Å².